The molecule has 0 saturated carbocycles. The predicted molar refractivity (Wildman–Crippen MR) is 95.1 cm³/mol. The molecule has 0 fully saturated rings. The summed E-state index contributed by atoms with van der Waals surface area (Å²) in [6.45, 7) is 0. The van der Waals surface area contributed by atoms with Gasteiger partial charge in [0.15, 0.2) is 0 Å². The number of nitrogens with zero attached hydrogens (tertiary/aromatic N) is 3. The molecule has 0 aliphatic heterocycles. The fraction of sp³-hybridized carbons (Fsp3) is 0. The lowest BCUT2D eigenvalue weighted by molar-refractivity contribution is -0.384. The molecule has 1 amide bonds. The third-order valence-corrected chi connectivity index (χ3v) is 3.68. The minimum atomic E-state index is -0.514. The molecule has 0 saturated heterocycles. The van der Waals surface area contributed by atoms with Crippen molar-refractivity contribution >= 4 is 29.4 Å². The first-order valence-electron chi connectivity index (χ1n) is 7.32. The summed E-state index contributed by atoms with van der Waals surface area (Å²) in [5.74, 6) is 0.301. The van der Waals surface area contributed by atoms with Crippen LogP contribution in [0, 0.1) is 10.1 Å². The summed E-state index contributed by atoms with van der Waals surface area (Å²) >= 11 is 6.08. The first-order chi connectivity index (χ1) is 12.5. The maximum atomic E-state index is 11.8. The number of nitro groups is 1. The predicted octanol–water partition coefficient (Wildman–Crippen LogP) is 3.67. The number of pyridine rings is 1. The Labute approximate surface area is 152 Å². The molecule has 1 aromatic carbocycles. The highest BCUT2D eigenvalue weighted by Gasteiger charge is 2.14. The van der Waals surface area contributed by atoms with Gasteiger partial charge in [-0.3, -0.25) is 19.9 Å². The number of rotatable bonds is 5. The first kappa shape index (κ1) is 17.3. The standard InChI is InChI=1S/C17H11ClN4O4/c18-15-3-1-12(22(24)25)9-14(15)16-4-2-13(26-16)10-20-21-17(23)11-5-7-19-8-6-11/h1-10H,(H,21,23)/b20-10-. The number of non-ortho nitro benzene ring substituents is 1. The van der Waals surface area contributed by atoms with Crippen molar-refractivity contribution in [1.29, 1.82) is 0 Å². The van der Waals surface area contributed by atoms with Gasteiger partial charge in [-0.2, -0.15) is 5.10 Å². The van der Waals surface area contributed by atoms with Crippen LogP contribution in [0.3, 0.4) is 0 Å². The number of halogens is 1. The molecule has 0 unspecified atom stereocenters. The molecule has 0 atom stereocenters. The highest BCUT2D eigenvalue weighted by Crippen LogP contribution is 2.32. The van der Waals surface area contributed by atoms with Crippen LogP contribution in [0.4, 0.5) is 5.69 Å². The van der Waals surface area contributed by atoms with Crippen LogP contribution in [0.2, 0.25) is 5.02 Å². The fourth-order valence-electron chi connectivity index (χ4n) is 2.10. The molecule has 2 heterocycles. The number of hydrogen-bond donors (Lipinski definition) is 1. The molecule has 3 rings (SSSR count). The highest BCUT2D eigenvalue weighted by atomic mass is 35.5. The number of carbonyl (C=O) groups is 1. The van der Waals surface area contributed by atoms with E-state index in [2.05, 4.69) is 15.5 Å². The molecule has 3 aromatic rings. The van der Waals surface area contributed by atoms with E-state index in [-0.39, 0.29) is 5.69 Å². The topological polar surface area (TPSA) is 111 Å². The molecule has 8 nitrogen and oxygen atoms in total. The largest absolute Gasteiger partial charge is 0.455 e. The van der Waals surface area contributed by atoms with E-state index in [4.69, 9.17) is 16.0 Å². The van der Waals surface area contributed by atoms with Gasteiger partial charge >= 0.3 is 0 Å². The third-order valence-electron chi connectivity index (χ3n) is 3.35. The van der Waals surface area contributed by atoms with Crippen LogP contribution in [-0.2, 0) is 0 Å². The van der Waals surface area contributed by atoms with E-state index in [0.29, 0.717) is 27.7 Å². The minimum absolute atomic E-state index is 0.0966. The SMILES string of the molecule is O=C(N/N=C\c1ccc(-c2cc([N+](=O)[O-])ccc2Cl)o1)c1ccncc1. The van der Waals surface area contributed by atoms with Gasteiger partial charge in [0.2, 0.25) is 0 Å². The minimum Gasteiger partial charge on any atom is -0.455 e. The Morgan fingerprint density at radius 2 is 2.00 bits per heavy atom. The molecule has 0 aliphatic rings. The van der Waals surface area contributed by atoms with Gasteiger partial charge in [0.1, 0.15) is 11.5 Å². The van der Waals surface area contributed by atoms with Crippen LogP contribution in [0.5, 0.6) is 0 Å². The van der Waals surface area contributed by atoms with Crippen molar-refractivity contribution in [1.82, 2.24) is 10.4 Å². The van der Waals surface area contributed by atoms with E-state index in [1.165, 1.54) is 36.8 Å². The van der Waals surface area contributed by atoms with Crippen LogP contribution in [0.1, 0.15) is 16.1 Å². The molecule has 1 N–H and O–H groups in total. The molecule has 0 aliphatic carbocycles. The van der Waals surface area contributed by atoms with Crippen LogP contribution in [-0.4, -0.2) is 22.0 Å². The van der Waals surface area contributed by atoms with E-state index >= 15 is 0 Å². The lowest BCUT2D eigenvalue weighted by atomic mass is 10.1. The quantitative estimate of drug-likeness (QED) is 0.418. The zero-order valence-corrected chi connectivity index (χ0v) is 13.9. The summed E-state index contributed by atoms with van der Waals surface area (Å²) in [7, 11) is 0. The van der Waals surface area contributed by atoms with E-state index in [0.717, 1.165) is 0 Å². The number of hydrazone groups is 1. The summed E-state index contributed by atoms with van der Waals surface area (Å²) in [6, 6.07) is 10.4. The van der Waals surface area contributed by atoms with Crippen molar-refractivity contribution in [3.05, 3.63) is 81.3 Å². The van der Waals surface area contributed by atoms with Gasteiger partial charge in [-0.05, 0) is 30.3 Å². The number of benzene rings is 1. The molecular formula is C17H11ClN4O4. The number of amides is 1. The Bertz CT molecular complexity index is 985. The van der Waals surface area contributed by atoms with E-state index < -0.39 is 10.8 Å². The van der Waals surface area contributed by atoms with E-state index in [9.17, 15) is 14.9 Å². The molecule has 9 heteroatoms. The zero-order chi connectivity index (χ0) is 18.5. The van der Waals surface area contributed by atoms with Crippen molar-refractivity contribution in [3.8, 4) is 11.3 Å². The Hall–Kier alpha value is -3.52. The van der Waals surface area contributed by atoms with Gasteiger partial charge < -0.3 is 4.42 Å². The van der Waals surface area contributed by atoms with E-state index in [1.54, 1.807) is 24.3 Å². The molecule has 130 valence electrons. The fourth-order valence-corrected chi connectivity index (χ4v) is 2.32. The summed E-state index contributed by atoms with van der Waals surface area (Å²) in [4.78, 5) is 26.0. The van der Waals surface area contributed by atoms with Crippen molar-refractivity contribution in [2.24, 2.45) is 5.10 Å². The zero-order valence-electron chi connectivity index (χ0n) is 13.1. The van der Waals surface area contributed by atoms with Gasteiger partial charge in [-0.1, -0.05) is 11.6 Å². The van der Waals surface area contributed by atoms with Crippen LogP contribution in [0.25, 0.3) is 11.3 Å². The van der Waals surface area contributed by atoms with Crippen molar-refractivity contribution in [2.45, 2.75) is 0 Å². The lowest BCUT2D eigenvalue weighted by Crippen LogP contribution is -2.17. The Kier molecular flexibility index (Phi) is 5.04. The van der Waals surface area contributed by atoms with Gasteiger partial charge in [0, 0.05) is 35.7 Å². The summed E-state index contributed by atoms with van der Waals surface area (Å²) < 4.78 is 5.56. The second-order valence-corrected chi connectivity index (χ2v) is 5.47. The van der Waals surface area contributed by atoms with Crippen molar-refractivity contribution in [2.75, 3.05) is 0 Å². The number of furan rings is 1. The lowest BCUT2D eigenvalue weighted by Gasteiger charge is -2.00. The number of aromatic nitrogens is 1. The number of hydrogen-bond acceptors (Lipinski definition) is 6. The third kappa shape index (κ3) is 3.93. The molecule has 0 bridgehead atoms. The smallest absolute Gasteiger partial charge is 0.271 e. The van der Waals surface area contributed by atoms with Crippen molar-refractivity contribution < 1.29 is 14.1 Å². The highest BCUT2D eigenvalue weighted by molar-refractivity contribution is 6.33. The van der Waals surface area contributed by atoms with Gasteiger partial charge in [-0.25, -0.2) is 5.43 Å². The first-order valence-corrected chi connectivity index (χ1v) is 7.70. The normalized spacial score (nSPS) is 10.8. The Morgan fingerprint density at radius 3 is 2.73 bits per heavy atom. The van der Waals surface area contributed by atoms with Gasteiger partial charge in [0.05, 0.1) is 16.2 Å². The van der Waals surface area contributed by atoms with Gasteiger partial charge in [-0.15, -0.1) is 0 Å². The second kappa shape index (κ2) is 7.58. The average molecular weight is 371 g/mol. The maximum Gasteiger partial charge on any atom is 0.271 e. The molecule has 2 aromatic heterocycles. The Morgan fingerprint density at radius 1 is 1.23 bits per heavy atom. The van der Waals surface area contributed by atoms with Crippen LogP contribution in [0.15, 0.2) is 64.4 Å². The van der Waals surface area contributed by atoms with E-state index in [1.807, 2.05) is 0 Å². The molecular weight excluding hydrogens is 360 g/mol. The summed E-state index contributed by atoms with van der Waals surface area (Å²) in [5, 5.41) is 15.0. The summed E-state index contributed by atoms with van der Waals surface area (Å²) in [6.07, 6.45) is 4.31. The molecule has 0 spiro atoms. The van der Waals surface area contributed by atoms with Crippen LogP contribution >= 0.6 is 11.6 Å². The van der Waals surface area contributed by atoms with Gasteiger partial charge in [0.25, 0.3) is 11.6 Å². The maximum absolute atomic E-state index is 11.8. The monoisotopic (exact) mass is 370 g/mol. The average Bonchev–Trinajstić information content (AvgIpc) is 3.11. The number of nitrogens with one attached hydrogen (secondary N) is 1. The Balaban J connectivity index is 1.73. The van der Waals surface area contributed by atoms with Crippen molar-refractivity contribution in [3.63, 3.8) is 0 Å². The molecule has 26 heavy (non-hydrogen) atoms. The van der Waals surface area contributed by atoms with Crippen LogP contribution < -0.4 is 5.43 Å². The number of carbonyl (C=O) groups excluding carboxylic acids is 1. The number of nitro benzene ring substituents is 1. The second-order valence-electron chi connectivity index (χ2n) is 5.06. The summed E-state index contributed by atoms with van der Waals surface area (Å²) in [5.41, 5.74) is 3.07. The molecule has 0 radical (unpaired) electrons.